The lowest BCUT2D eigenvalue weighted by Crippen LogP contribution is -2.20. The van der Waals surface area contributed by atoms with Crippen LogP contribution in [0.3, 0.4) is 0 Å². The fourth-order valence-corrected chi connectivity index (χ4v) is 2.16. The SMILES string of the molecule is COCC(Cl)CCC1CCC(C)(C)O1. The second-order valence-electron chi connectivity index (χ2n) is 4.67. The Bertz CT molecular complexity index is 171. The summed E-state index contributed by atoms with van der Waals surface area (Å²) in [5, 5.41) is 0.132. The van der Waals surface area contributed by atoms with Crippen LogP contribution in [0.5, 0.6) is 0 Å². The van der Waals surface area contributed by atoms with E-state index in [4.69, 9.17) is 21.1 Å². The molecule has 84 valence electrons. The summed E-state index contributed by atoms with van der Waals surface area (Å²) < 4.78 is 10.9. The average molecular weight is 221 g/mol. The Morgan fingerprint density at radius 1 is 1.57 bits per heavy atom. The predicted molar refractivity (Wildman–Crippen MR) is 58.9 cm³/mol. The molecular weight excluding hydrogens is 200 g/mol. The monoisotopic (exact) mass is 220 g/mol. The van der Waals surface area contributed by atoms with Gasteiger partial charge in [-0.25, -0.2) is 0 Å². The molecule has 1 aliphatic rings. The van der Waals surface area contributed by atoms with E-state index in [1.165, 1.54) is 6.42 Å². The summed E-state index contributed by atoms with van der Waals surface area (Å²) in [6.45, 7) is 4.94. The van der Waals surface area contributed by atoms with E-state index in [9.17, 15) is 0 Å². The molecule has 2 nitrogen and oxygen atoms in total. The van der Waals surface area contributed by atoms with Crippen LogP contribution >= 0.6 is 11.6 Å². The van der Waals surface area contributed by atoms with E-state index in [0.29, 0.717) is 12.7 Å². The average Bonchev–Trinajstić information content (AvgIpc) is 2.43. The largest absolute Gasteiger partial charge is 0.383 e. The van der Waals surface area contributed by atoms with Gasteiger partial charge >= 0.3 is 0 Å². The summed E-state index contributed by atoms with van der Waals surface area (Å²) in [7, 11) is 1.69. The Kier molecular flexibility index (Phi) is 4.68. The molecule has 0 amide bonds. The van der Waals surface area contributed by atoms with Crippen molar-refractivity contribution in [2.45, 2.75) is 56.6 Å². The Labute approximate surface area is 91.9 Å². The Balaban J connectivity index is 2.14. The van der Waals surface area contributed by atoms with Crippen molar-refractivity contribution in [3.63, 3.8) is 0 Å². The summed E-state index contributed by atoms with van der Waals surface area (Å²) in [5.41, 5.74) is 0.0771. The molecule has 1 aliphatic heterocycles. The van der Waals surface area contributed by atoms with Gasteiger partial charge in [0.05, 0.1) is 23.7 Å². The van der Waals surface area contributed by atoms with Gasteiger partial charge in [-0.05, 0) is 39.5 Å². The van der Waals surface area contributed by atoms with Crippen molar-refractivity contribution in [1.29, 1.82) is 0 Å². The van der Waals surface area contributed by atoms with Gasteiger partial charge in [-0.2, -0.15) is 0 Å². The highest BCUT2D eigenvalue weighted by Gasteiger charge is 2.31. The van der Waals surface area contributed by atoms with Gasteiger partial charge in [-0.3, -0.25) is 0 Å². The number of ether oxygens (including phenoxy) is 2. The maximum Gasteiger partial charge on any atom is 0.0631 e. The smallest absolute Gasteiger partial charge is 0.0631 e. The Morgan fingerprint density at radius 2 is 2.29 bits per heavy atom. The third-order valence-electron chi connectivity index (χ3n) is 2.70. The van der Waals surface area contributed by atoms with Crippen LogP contribution in [0.15, 0.2) is 0 Å². The minimum atomic E-state index is 0.0771. The summed E-state index contributed by atoms with van der Waals surface area (Å²) in [4.78, 5) is 0. The molecule has 0 saturated carbocycles. The van der Waals surface area contributed by atoms with Crippen LogP contribution < -0.4 is 0 Å². The summed E-state index contributed by atoms with van der Waals surface area (Å²) >= 11 is 6.05. The van der Waals surface area contributed by atoms with Crippen molar-refractivity contribution >= 4 is 11.6 Å². The minimum Gasteiger partial charge on any atom is -0.383 e. The van der Waals surface area contributed by atoms with Gasteiger partial charge in [-0.15, -0.1) is 11.6 Å². The van der Waals surface area contributed by atoms with E-state index in [0.717, 1.165) is 19.3 Å². The first-order valence-electron chi connectivity index (χ1n) is 5.34. The number of rotatable bonds is 5. The first kappa shape index (κ1) is 12.3. The maximum absolute atomic E-state index is 6.05. The maximum atomic E-state index is 6.05. The van der Waals surface area contributed by atoms with Crippen LogP contribution in [-0.2, 0) is 9.47 Å². The van der Waals surface area contributed by atoms with E-state index >= 15 is 0 Å². The van der Waals surface area contributed by atoms with E-state index in [1.807, 2.05) is 0 Å². The number of hydrogen-bond donors (Lipinski definition) is 0. The van der Waals surface area contributed by atoms with Crippen molar-refractivity contribution in [3.8, 4) is 0 Å². The number of methoxy groups -OCH3 is 1. The lowest BCUT2D eigenvalue weighted by Gasteiger charge is -2.19. The van der Waals surface area contributed by atoms with Crippen LogP contribution in [0.25, 0.3) is 0 Å². The van der Waals surface area contributed by atoms with Crippen LogP contribution in [0.1, 0.15) is 39.5 Å². The first-order chi connectivity index (χ1) is 6.53. The van der Waals surface area contributed by atoms with Crippen molar-refractivity contribution in [2.24, 2.45) is 0 Å². The molecule has 1 fully saturated rings. The quantitative estimate of drug-likeness (QED) is 0.664. The molecule has 0 aromatic carbocycles. The number of alkyl halides is 1. The van der Waals surface area contributed by atoms with Crippen LogP contribution in [0.4, 0.5) is 0 Å². The second-order valence-corrected chi connectivity index (χ2v) is 5.29. The van der Waals surface area contributed by atoms with Crippen molar-refractivity contribution in [2.75, 3.05) is 13.7 Å². The minimum absolute atomic E-state index is 0.0771. The molecule has 2 unspecified atom stereocenters. The topological polar surface area (TPSA) is 18.5 Å². The molecule has 0 radical (unpaired) electrons. The Morgan fingerprint density at radius 3 is 2.79 bits per heavy atom. The van der Waals surface area contributed by atoms with E-state index in [2.05, 4.69) is 13.8 Å². The molecule has 0 spiro atoms. The third-order valence-corrected chi connectivity index (χ3v) is 3.05. The van der Waals surface area contributed by atoms with Gasteiger partial charge in [-0.1, -0.05) is 0 Å². The fourth-order valence-electron chi connectivity index (χ4n) is 1.91. The molecule has 0 bridgehead atoms. The zero-order valence-electron chi connectivity index (χ0n) is 9.38. The summed E-state index contributed by atoms with van der Waals surface area (Å²) in [6.07, 6.45) is 4.78. The van der Waals surface area contributed by atoms with Crippen LogP contribution in [-0.4, -0.2) is 30.8 Å². The van der Waals surface area contributed by atoms with E-state index in [-0.39, 0.29) is 11.0 Å². The van der Waals surface area contributed by atoms with E-state index in [1.54, 1.807) is 7.11 Å². The molecule has 1 rings (SSSR count). The van der Waals surface area contributed by atoms with Crippen LogP contribution in [0, 0.1) is 0 Å². The highest BCUT2D eigenvalue weighted by Crippen LogP contribution is 2.31. The van der Waals surface area contributed by atoms with Gasteiger partial charge in [0.25, 0.3) is 0 Å². The zero-order chi connectivity index (χ0) is 10.6. The van der Waals surface area contributed by atoms with Gasteiger partial charge in [0.2, 0.25) is 0 Å². The molecule has 2 atom stereocenters. The number of hydrogen-bond acceptors (Lipinski definition) is 2. The van der Waals surface area contributed by atoms with Crippen molar-refractivity contribution < 1.29 is 9.47 Å². The lowest BCUT2D eigenvalue weighted by atomic mass is 10.0. The molecule has 0 aromatic heterocycles. The van der Waals surface area contributed by atoms with Crippen LogP contribution in [0.2, 0.25) is 0 Å². The molecule has 1 heterocycles. The Hall–Kier alpha value is 0.210. The van der Waals surface area contributed by atoms with E-state index < -0.39 is 0 Å². The molecule has 0 aliphatic carbocycles. The highest BCUT2D eigenvalue weighted by molar-refractivity contribution is 6.20. The number of halogens is 1. The third kappa shape index (κ3) is 4.16. The zero-order valence-corrected chi connectivity index (χ0v) is 10.1. The van der Waals surface area contributed by atoms with Gasteiger partial charge in [0.1, 0.15) is 0 Å². The lowest BCUT2D eigenvalue weighted by molar-refractivity contribution is -0.0194. The fraction of sp³-hybridized carbons (Fsp3) is 1.00. The van der Waals surface area contributed by atoms with Gasteiger partial charge in [0.15, 0.2) is 0 Å². The molecule has 0 N–H and O–H groups in total. The van der Waals surface area contributed by atoms with Crippen molar-refractivity contribution in [1.82, 2.24) is 0 Å². The summed E-state index contributed by atoms with van der Waals surface area (Å²) in [6, 6.07) is 0. The predicted octanol–water partition coefficient (Wildman–Crippen LogP) is 2.98. The second kappa shape index (κ2) is 5.34. The molecule has 0 aromatic rings. The van der Waals surface area contributed by atoms with Gasteiger partial charge < -0.3 is 9.47 Å². The molecule has 14 heavy (non-hydrogen) atoms. The van der Waals surface area contributed by atoms with Crippen molar-refractivity contribution in [3.05, 3.63) is 0 Å². The first-order valence-corrected chi connectivity index (χ1v) is 5.78. The molecule has 1 saturated heterocycles. The summed E-state index contributed by atoms with van der Waals surface area (Å²) in [5.74, 6) is 0. The van der Waals surface area contributed by atoms with Gasteiger partial charge in [0, 0.05) is 7.11 Å². The molecule has 3 heteroatoms. The highest BCUT2D eigenvalue weighted by atomic mass is 35.5. The normalized spacial score (nSPS) is 27.9. The standard InChI is InChI=1S/C11H21ClO2/c1-11(2)7-6-10(14-11)5-4-9(12)8-13-3/h9-10H,4-8H2,1-3H3. The molecular formula is C11H21ClO2.